The van der Waals surface area contributed by atoms with Gasteiger partial charge < -0.3 is 19.0 Å². The highest BCUT2D eigenvalue weighted by atomic mass is 16.5. The number of aryl methyl sites for hydroxylation is 1. The molecule has 7 heteroatoms. The third-order valence-corrected chi connectivity index (χ3v) is 5.48. The number of hydrogen-bond donors (Lipinski definition) is 1. The number of carbonyl (C=O) groups is 2. The molecule has 0 aromatic carbocycles. The number of hydrogen-bond acceptors (Lipinski definition) is 5. The van der Waals surface area contributed by atoms with Crippen molar-refractivity contribution in [1.29, 1.82) is 5.26 Å². The van der Waals surface area contributed by atoms with Crippen molar-refractivity contribution >= 4 is 17.7 Å². The minimum Gasteiger partial charge on any atom is -0.469 e. The number of rotatable bonds is 5. The van der Waals surface area contributed by atoms with Gasteiger partial charge in [0.2, 0.25) is 0 Å². The number of ether oxygens (including phenoxy) is 1. The highest BCUT2D eigenvalue weighted by Crippen LogP contribution is 2.36. The Morgan fingerprint density at radius 2 is 2.00 bits per heavy atom. The Morgan fingerprint density at radius 1 is 1.29 bits per heavy atom. The largest absolute Gasteiger partial charge is 0.469 e. The molecule has 2 aromatic heterocycles. The molecule has 0 bridgehead atoms. The summed E-state index contributed by atoms with van der Waals surface area (Å²) >= 11 is 0. The van der Waals surface area contributed by atoms with E-state index in [-0.39, 0.29) is 6.04 Å². The molecule has 1 N–H and O–H groups in total. The van der Waals surface area contributed by atoms with Crippen molar-refractivity contribution in [3.63, 3.8) is 0 Å². The molecule has 0 radical (unpaired) electrons. The zero-order chi connectivity index (χ0) is 20.3. The van der Waals surface area contributed by atoms with Gasteiger partial charge in [-0.3, -0.25) is 4.79 Å². The zero-order valence-electron chi connectivity index (χ0n) is 16.5. The molecule has 0 atom stereocenters. The van der Waals surface area contributed by atoms with Crippen LogP contribution >= 0.6 is 0 Å². The van der Waals surface area contributed by atoms with Crippen LogP contribution in [0.4, 0.5) is 5.82 Å². The number of nitrogens with one attached hydrogen (secondary N) is 1. The monoisotopic (exact) mass is 383 g/mol. The van der Waals surface area contributed by atoms with E-state index in [0.717, 1.165) is 36.9 Å². The van der Waals surface area contributed by atoms with Gasteiger partial charge >= 0.3 is 5.97 Å². The fourth-order valence-electron chi connectivity index (χ4n) is 3.86. The Hall–Kier alpha value is -3.01. The summed E-state index contributed by atoms with van der Waals surface area (Å²) in [5.41, 5.74) is 2.62. The molecule has 1 aliphatic rings. The SMILES string of the molecule is Cc1occc1C(=O)OCC(=O)Nc1c(C#N)c(C)c(C)n1C1CCCCC1. The van der Waals surface area contributed by atoms with Gasteiger partial charge in [-0.2, -0.15) is 5.26 Å². The van der Waals surface area contributed by atoms with Gasteiger partial charge in [0.1, 0.15) is 23.2 Å². The van der Waals surface area contributed by atoms with Crippen molar-refractivity contribution in [1.82, 2.24) is 4.57 Å². The second kappa shape index (κ2) is 8.34. The lowest BCUT2D eigenvalue weighted by Gasteiger charge is -2.27. The van der Waals surface area contributed by atoms with Crippen LogP contribution in [0.1, 0.15) is 71.1 Å². The Kier molecular flexibility index (Phi) is 5.88. The molecule has 1 saturated carbocycles. The van der Waals surface area contributed by atoms with Crippen LogP contribution in [-0.2, 0) is 9.53 Å². The Bertz CT molecular complexity index is 926. The van der Waals surface area contributed by atoms with Crippen molar-refractivity contribution in [3.8, 4) is 6.07 Å². The van der Waals surface area contributed by atoms with Crippen molar-refractivity contribution in [2.24, 2.45) is 0 Å². The standard InChI is InChI=1S/C21H25N3O4/c1-13-14(2)24(16-7-5-4-6-8-16)20(18(13)11-22)23-19(25)12-28-21(26)17-9-10-27-15(17)3/h9-10,16H,4-8,12H2,1-3H3,(H,23,25). The van der Waals surface area contributed by atoms with Gasteiger partial charge in [0.05, 0.1) is 11.8 Å². The Labute approximate surface area is 164 Å². The third kappa shape index (κ3) is 3.81. The molecule has 2 aromatic rings. The molecule has 0 spiro atoms. The predicted molar refractivity (Wildman–Crippen MR) is 103 cm³/mol. The van der Waals surface area contributed by atoms with E-state index in [1.54, 1.807) is 6.92 Å². The first kappa shape index (κ1) is 19.7. The minimum absolute atomic E-state index is 0.265. The van der Waals surface area contributed by atoms with E-state index in [1.165, 1.54) is 18.8 Å². The van der Waals surface area contributed by atoms with Gasteiger partial charge in [-0.05, 0) is 45.2 Å². The van der Waals surface area contributed by atoms with Crippen LogP contribution in [-0.4, -0.2) is 23.1 Å². The van der Waals surface area contributed by atoms with E-state index in [0.29, 0.717) is 22.7 Å². The smallest absolute Gasteiger partial charge is 0.342 e. The lowest BCUT2D eigenvalue weighted by atomic mass is 9.95. The van der Waals surface area contributed by atoms with E-state index in [4.69, 9.17) is 9.15 Å². The van der Waals surface area contributed by atoms with Crippen LogP contribution in [0.2, 0.25) is 0 Å². The highest BCUT2D eigenvalue weighted by Gasteiger charge is 2.26. The molecular formula is C21H25N3O4. The summed E-state index contributed by atoms with van der Waals surface area (Å²) in [6, 6.07) is 3.98. The summed E-state index contributed by atoms with van der Waals surface area (Å²) in [7, 11) is 0. The van der Waals surface area contributed by atoms with Gasteiger partial charge in [-0.15, -0.1) is 0 Å². The molecule has 0 unspecified atom stereocenters. The number of furan rings is 1. The maximum absolute atomic E-state index is 12.5. The number of carbonyl (C=O) groups excluding carboxylic acids is 2. The van der Waals surface area contributed by atoms with Crippen LogP contribution in [0.25, 0.3) is 0 Å². The molecule has 1 fully saturated rings. The summed E-state index contributed by atoms with van der Waals surface area (Å²) in [5, 5.41) is 12.4. The summed E-state index contributed by atoms with van der Waals surface area (Å²) in [4.78, 5) is 24.5. The molecule has 1 aliphatic carbocycles. The van der Waals surface area contributed by atoms with Crippen LogP contribution in [0.5, 0.6) is 0 Å². The van der Waals surface area contributed by atoms with Crippen molar-refractivity contribution in [2.75, 3.05) is 11.9 Å². The average Bonchev–Trinajstić information content (AvgIpc) is 3.22. The lowest BCUT2D eigenvalue weighted by Crippen LogP contribution is -2.24. The molecule has 148 valence electrons. The summed E-state index contributed by atoms with van der Waals surface area (Å²) < 4.78 is 12.2. The fourth-order valence-corrected chi connectivity index (χ4v) is 3.86. The number of aromatic nitrogens is 1. The van der Waals surface area contributed by atoms with Crippen molar-refractivity contribution < 1.29 is 18.7 Å². The lowest BCUT2D eigenvalue weighted by molar-refractivity contribution is -0.119. The number of anilines is 1. The number of esters is 1. The van der Waals surface area contributed by atoms with E-state index < -0.39 is 18.5 Å². The maximum atomic E-state index is 12.5. The summed E-state index contributed by atoms with van der Waals surface area (Å²) in [6.07, 6.45) is 6.94. The van der Waals surface area contributed by atoms with Crippen molar-refractivity contribution in [3.05, 3.63) is 40.5 Å². The molecule has 0 aliphatic heterocycles. The molecule has 1 amide bonds. The first-order chi connectivity index (χ1) is 13.4. The van der Waals surface area contributed by atoms with E-state index in [2.05, 4.69) is 16.0 Å². The number of nitrogens with zero attached hydrogens (tertiary/aromatic N) is 2. The maximum Gasteiger partial charge on any atom is 0.342 e. The fraction of sp³-hybridized carbons (Fsp3) is 0.476. The van der Waals surface area contributed by atoms with Gasteiger partial charge in [0.25, 0.3) is 5.91 Å². The van der Waals surface area contributed by atoms with E-state index in [1.807, 2.05) is 13.8 Å². The normalized spacial score (nSPS) is 14.5. The van der Waals surface area contributed by atoms with Gasteiger partial charge in [0, 0.05) is 11.7 Å². The minimum atomic E-state index is -0.614. The summed E-state index contributed by atoms with van der Waals surface area (Å²) in [5.74, 6) is -0.142. The number of amides is 1. The second-order valence-corrected chi connectivity index (χ2v) is 7.22. The zero-order valence-corrected chi connectivity index (χ0v) is 16.5. The van der Waals surface area contributed by atoms with Gasteiger partial charge in [-0.1, -0.05) is 19.3 Å². The molecule has 2 heterocycles. The molecule has 0 saturated heterocycles. The Balaban J connectivity index is 1.76. The van der Waals surface area contributed by atoms with Gasteiger partial charge in [0.15, 0.2) is 6.61 Å². The second-order valence-electron chi connectivity index (χ2n) is 7.22. The number of nitriles is 1. The van der Waals surface area contributed by atoms with Crippen LogP contribution < -0.4 is 5.32 Å². The molecule has 3 rings (SSSR count). The third-order valence-electron chi connectivity index (χ3n) is 5.48. The van der Waals surface area contributed by atoms with E-state index >= 15 is 0 Å². The van der Waals surface area contributed by atoms with E-state index in [9.17, 15) is 14.9 Å². The first-order valence-electron chi connectivity index (χ1n) is 9.56. The van der Waals surface area contributed by atoms with Crippen LogP contribution in [0.15, 0.2) is 16.7 Å². The van der Waals surface area contributed by atoms with Crippen molar-refractivity contribution in [2.45, 2.75) is 58.9 Å². The molecular weight excluding hydrogens is 358 g/mol. The van der Waals surface area contributed by atoms with Crippen LogP contribution in [0, 0.1) is 32.1 Å². The quantitative estimate of drug-likeness (QED) is 0.781. The molecule has 28 heavy (non-hydrogen) atoms. The predicted octanol–water partition coefficient (Wildman–Crippen LogP) is 4.18. The van der Waals surface area contributed by atoms with Gasteiger partial charge in [-0.25, -0.2) is 4.79 Å². The Morgan fingerprint density at radius 3 is 2.61 bits per heavy atom. The molecule has 7 nitrogen and oxygen atoms in total. The highest BCUT2D eigenvalue weighted by molar-refractivity contribution is 5.96. The topological polar surface area (TPSA) is 97.3 Å². The van der Waals surface area contributed by atoms with Crippen LogP contribution in [0.3, 0.4) is 0 Å². The average molecular weight is 383 g/mol. The summed E-state index contributed by atoms with van der Waals surface area (Å²) in [6.45, 7) is 5.09. The first-order valence-corrected chi connectivity index (χ1v) is 9.56.